The van der Waals surface area contributed by atoms with Crippen LogP contribution in [0, 0.1) is 0 Å². The Morgan fingerprint density at radius 3 is 2.55 bits per heavy atom. The number of rotatable bonds is 3. The number of benzene rings is 2. The van der Waals surface area contributed by atoms with Crippen molar-refractivity contribution in [3.8, 4) is 11.3 Å². The zero-order chi connectivity index (χ0) is 22.3. The number of hydrogen-bond donors (Lipinski definition) is 0. The lowest BCUT2D eigenvalue weighted by Gasteiger charge is -2.16. The molecule has 2 heterocycles. The van der Waals surface area contributed by atoms with E-state index in [4.69, 9.17) is 39.8 Å². The predicted molar refractivity (Wildman–Crippen MR) is 121 cm³/mol. The molecule has 0 atom stereocenters. The molecule has 1 aliphatic rings. The lowest BCUT2D eigenvalue weighted by Crippen LogP contribution is -2.27. The smallest absolute Gasteiger partial charge is 0.416 e. The van der Waals surface area contributed by atoms with Gasteiger partial charge in [-0.3, -0.25) is 9.69 Å². The Morgan fingerprint density at radius 1 is 1.06 bits per heavy atom. The Kier molecular flexibility index (Phi) is 5.91. The molecule has 1 aromatic heterocycles. The standard InChI is InChI=1S/C21H10Cl2F3NO2S2/c22-12-4-6-15(16(23)9-12)17-7-5-14(29-17)10-18-19(28)27(20(30)31-18)13-3-1-2-11(8-13)21(24,25)26/h1-10H/b18-10+. The second-order valence-electron chi connectivity index (χ2n) is 6.39. The minimum atomic E-state index is -4.53. The number of amides is 1. The molecule has 4 rings (SSSR count). The first-order valence-corrected chi connectivity index (χ1v) is 10.6. The summed E-state index contributed by atoms with van der Waals surface area (Å²) in [4.78, 5) is 14.1. The molecule has 1 saturated heterocycles. The monoisotopic (exact) mass is 499 g/mol. The summed E-state index contributed by atoms with van der Waals surface area (Å²) in [6.07, 6.45) is -3.04. The quantitative estimate of drug-likeness (QED) is 0.273. The van der Waals surface area contributed by atoms with Crippen LogP contribution in [0.1, 0.15) is 11.3 Å². The number of thiocarbonyl (C=S) groups is 1. The molecule has 0 radical (unpaired) electrons. The van der Waals surface area contributed by atoms with Crippen molar-refractivity contribution in [3.05, 3.63) is 80.9 Å². The van der Waals surface area contributed by atoms with Gasteiger partial charge in [0.2, 0.25) is 0 Å². The molecule has 3 nitrogen and oxygen atoms in total. The fourth-order valence-corrected chi connectivity index (χ4v) is 4.69. The molecule has 0 bridgehead atoms. The maximum atomic E-state index is 13.0. The maximum absolute atomic E-state index is 13.0. The van der Waals surface area contributed by atoms with Crippen LogP contribution in [0.3, 0.4) is 0 Å². The topological polar surface area (TPSA) is 33.5 Å². The molecule has 1 fully saturated rings. The number of hydrogen-bond acceptors (Lipinski definition) is 4. The molecule has 0 unspecified atom stereocenters. The molecule has 3 aromatic rings. The fourth-order valence-electron chi connectivity index (χ4n) is 2.91. The second-order valence-corrected chi connectivity index (χ2v) is 8.91. The first-order valence-electron chi connectivity index (χ1n) is 8.64. The second kappa shape index (κ2) is 8.35. The van der Waals surface area contributed by atoms with E-state index in [1.54, 1.807) is 30.3 Å². The summed E-state index contributed by atoms with van der Waals surface area (Å²) in [6.45, 7) is 0. The summed E-state index contributed by atoms with van der Waals surface area (Å²) >= 11 is 18.3. The number of alkyl halides is 3. The van der Waals surface area contributed by atoms with Crippen LogP contribution in [-0.4, -0.2) is 10.2 Å². The van der Waals surface area contributed by atoms with Gasteiger partial charge in [-0.2, -0.15) is 13.2 Å². The van der Waals surface area contributed by atoms with Gasteiger partial charge in [0.25, 0.3) is 5.91 Å². The van der Waals surface area contributed by atoms with Gasteiger partial charge in [-0.25, -0.2) is 0 Å². The highest BCUT2D eigenvalue weighted by Crippen LogP contribution is 2.39. The van der Waals surface area contributed by atoms with E-state index >= 15 is 0 Å². The molecule has 0 aliphatic carbocycles. The van der Waals surface area contributed by atoms with Crippen molar-refractivity contribution in [2.24, 2.45) is 0 Å². The molecule has 10 heteroatoms. The average Bonchev–Trinajstić information content (AvgIpc) is 3.26. The van der Waals surface area contributed by atoms with E-state index in [2.05, 4.69) is 0 Å². The van der Waals surface area contributed by atoms with E-state index in [-0.39, 0.29) is 14.9 Å². The fraction of sp³-hybridized carbons (Fsp3) is 0.0476. The van der Waals surface area contributed by atoms with E-state index in [1.165, 1.54) is 18.2 Å². The summed E-state index contributed by atoms with van der Waals surface area (Å²) in [5, 5.41) is 0.892. The highest BCUT2D eigenvalue weighted by Gasteiger charge is 2.36. The highest BCUT2D eigenvalue weighted by atomic mass is 35.5. The Morgan fingerprint density at radius 2 is 1.84 bits per heavy atom. The van der Waals surface area contributed by atoms with Crippen LogP contribution in [0.5, 0.6) is 0 Å². The van der Waals surface area contributed by atoms with Gasteiger partial charge < -0.3 is 4.42 Å². The summed E-state index contributed by atoms with van der Waals surface area (Å²) in [7, 11) is 0. The van der Waals surface area contributed by atoms with Crippen LogP contribution in [0.4, 0.5) is 18.9 Å². The zero-order valence-corrected chi connectivity index (χ0v) is 18.4. The molecule has 0 spiro atoms. The zero-order valence-electron chi connectivity index (χ0n) is 15.2. The third kappa shape index (κ3) is 4.52. The molecular formula is C21H10Cl2F3NO2S2. The van der Waals surface area contributed by atoms with Crippen LogP contribution >= 0.6 is 47.2 Å². The van der Waals surface area contributed by atoms with Crippen LogP contribution in [-0.2, 0) is 11.0 Å². The van der Waals surface area contributed by atoms with Crippen LogP contribution < -0.4 is 4.90 Å². The van der Waals surface area contributed by atoms with Crippen molar-refractivity contribution in [2.45, 2.75) is 6.18 Å². The van der Waals surface area contributed by atoms with Gasteiger partial charge in [0.05, 0.1) is 21.2 Å². The third-order valence-corrected chi connectivity index (χ3v) is 6.17. The van der Waals surface area contributed by atoms with Crippen molar-refractivity contribution in [2.75, 3.05) is 4.90 Å². The molecule has 2 aromatic carbocycles. The van der Waals surface area contributed by atoms with Gasteiger partial charge in [0, 0.05) is 16.7 Å². The first kappa shape index (κ1) is 22.0. The summed E-state index contributed by atoms with van der Waals surface area (Å²) in [5.74, 6) is 0.309. The van der Waals surface area contributed by atoms with Crippen molar-refractivity contribution in [1.82, 2.24) is 0 Å². The Hall–Kier alpha value is -2.26. The molecule has 1 aliphatic heterocycles. The summed E-state index contributed by atoms with van der Waals surface area (Å²) in [5.41, 5.74) is -0.186. The number of halogens is 5. The molecular weight excluding hydrogens is 490 g/mol. The van der Waals surface area contributed by atoms with Gasteiger partial charge in [-0.05, 0) is 48.5 Å². The van der Waals surface area contributed by atoms with E-state index in [0.717, 1.165) is 28.8 Å². The summed E-state index contributed by atoms with van der Waals surface area (Å²) < 4.78 is 45.0. The lowest BCUT2D eigenvalue weighted by atomic mass is 10.2. The maximum Gasteiger partial charge on any atom is 0.416 e. The molecule has 0 N–H and O–H groups in total. The lowest BCUT2D eigenvalue weighted by molar-refractivity contribution is -0.137. The van der Waals surface area contributed by atoms with E-state index < -0.39 is 17.6 Å². The number of carbonyl (C=O) groups excluding carboxylic acids is 1. The Balaban J connectivity index is 1.62. The normalized spacial score (nSPS) is 15.9. The van der Waals surface area contributed by atoms with Gasteiger partial charge in [0.1, 0.15) is 11.5 Å². The highest BCUT2D eigenvalue weighted by molar-refractivity contribution is 8.27. The number of anilines is 1. The largest absolute Gasteiger partial charge is 0.457 e. The summed E-state index contributed by atoms with van der Waals surface area (Å²) in [6, 6.07) is 12.8. The van der Waals surface area contributed by atoms with Crippen LogP contribution in [0.15, 0.2) is 63.9 Å². The van der Waals surface area contributed by atoms with E-state index in [9.17, 15) is 18.0 Å². The van der Waals surface area contributed by atoms with E-state index in [1.807, 2.05) is 0 Å². The van der Waals surface area contributed by atoms with Crippen molar-refractivity contribution in [3.63, 3.8) is 0 Å². The van der Waals surface area contributed by atoms with Crippen molar-refractivity contribution in [1.29, 1.82) is 0 Å². The van der Waals surface area contributed by atoms with Crippen molar-refractivity contribution < 1.29 is 22.4 Å². The number of thioether (sulfide) groups is 1. The molecule has 0 saturated carbocycles. The number of carbonyl (C=O) groups is 1. The SMILES string of the molecule is O=C1/C(=C\c2ccc(-c3ccc(Cl)cc3Cl)o2)SC(=S)N1c1cccc(C(F)(F)F)c1. The van der Waals surface area contributed by atoms with E-state index in [0.29, 0.717) is 27.1 Å². The minimum absolute atomic E-state index is 0.0498. The molecule has 1 amide bonds. The van der Waals surface area contributed by atoms with Gasteiger partial charge in [-0.15, -0.1) is 0 Å². The third-order valence-electron chi connectivity index (χ3n) is 4.32. The Bertz CT molecular complexity index is 1240. The first-order chi connectivity index (χ1) is 14.6. The van der Waals surface area contributed by atoms with Crippen LogP contribution in [0.2, 0.25) is 10.0 Å². The van der Waals surface area contributed by atoms with Gasteiger partial charge >= 0.3 is 6.18 Å². The van der Waals surface area contributed by atoms with Gasteiger partial charge in [-0.1, -0.05) is 53.2 Å². The number of nitrogens with zero attached hydrogens (tertiary/aromatic N) is 1. The van der Waals surface area contributed by atoms with Gasteiger partial charge in [0.15, 0.2) is 4.32 Å². The molecule has 158 valence electrons. The van der Waals surface area contributed by atoms with Crippen molar-refractivity contribution >= 4 is 69.2 Å². The number of furan rings is 1. The Labute approximate surface area is 194 Å². The molecule has 31 heavy (non-hydrogen) atoms. The predicted octanol–water partition coefficient (Wildman–Crippen LogP) is 7.68. The minimum Gasteiger partial charge on any atom is -0.457 e. The van der Waals surface area contributed by atoms with Crippen LogP contribution in [0.25, 0.3) is 17.4 Å². The average molecular weight is 500 g/mol.